The first-order chi connectivity index (χ1) is 28.4. The Morgan fingerprint density at radius 1 is 0.644 bits per heavy atom. The predicted molar refractivity (Wildman–Crippen MR) is 241 cm³/mol. The lowest BCUT2D eigenvalue weighted by Gasteiger charge is -2.28. The van der Waals surface area contributed by atoms with Crippen LogP contribution in [0.3, 0.4) is 0 Å². The molecular weight excluding hydrogens is 765 g/mol. The molecule has 0 radical (unpaired) electrons. The molecule has 59 heavy (non-hydrogen) atoms. The molecule has 0 aliphatic rings. The summed E-state index contributed by atoms with van der Waals surface area (Å²) in [6.45, 7) is 3.80. The second-order valence-corrected chi connectivity index (χ2v) is 16.9. The van der Waals surface area contributed by atoms with Crippen LogP contribution in [-0.4, -0.2) is 81.2 Å². The van der Waals surface area contributed by atoms with E-state index in [0.717, 1.165) is 70.6 Å². The maximum Gasteiger partial charge on any atom is 0.306 e. The van der Waals surface area contributed by atoms with Gasteiger partial charge in [-0.3, -0.25) is 14.2 Å². The number of phosphoric ester groups is 1. The van der Waals surface area contributed by atoms with Crippen molar-refractivity contribution in [2.24, 2.45) is 0 Å². The van der Waals surface area contributed by atoms with Crippen LogP contribution in [0.1, 0.15) is 136 Å². The van der Waals surface area contributed by atoms with Crippen LogP contribution in [0.15, 0.2) is 97.2 Å². The highest BCUT2D eigenvalue weighted by atomic mass is 31.2. The Labute approximate surface area is 358 Å². The average Bonchev–Trinajstić information content (AvgIpc) is 3.18. The zero-order valence-corrected chi connectivity index (χ0v) is 38.2. The van der Waals surface area contributed by atoms with Gasteiger partial charge >= 0.3 is 11.9 Å². The number of quaternary nitrogens is 1. The average molecular weight is 846 g/mol. The van der Waals surface area contributed by atoms with Crippen molar-refractivity contribution in [3.05, 3.63) is 97.2 Å². The van der Waals surface area contributed by atoms with E-state index in [1.165, 1.54) is 19.3 Å². The molecular formula is C48H80NO9P. The van der Waals surface area contributed by atoms with Gasteiger partial charge in [0, 0.05) is 12.8 Å². The lowest BCUT2D eigenvalue weighted by atomic mass is 10.1. The number of carbonyl (C=O) groups is 2. The summed E-state index contributed by atoms with van der Waals surface area (Å²) in [5.41, 5.74) is 0. The first-order valence-electron chi connectivity index (χ1n) is 22.1. The number of ether oxygens (including phenoxy) is 2. The Bertz CT molecular complexity index is 1340. The van der Waals surface area contributed by atoms with E-state index >= 15 is 0 Å². The Kier molecular flexibility index (Phi) is 37.0. The summed E-state index contributed by atoms with van der Waals surface area (Å²) in [5.74, 6) is -1.08. The Morgan fingerprint density at radius 2 is 1.19 bits per heavy atom. The largest absolute Gasteiger partial charge is 0.756 e. The number of esters is 2. The number of aliphatic hydroxyl groups is 1. The second-order valence-electron chi connectivity index (χ2n) is 15.5. The minimum Gasteiger partial charge on any atom is -0.756 e. The molecule has 0 heterocycles. The Balaban J connectivity index is 4.62. The number of carbonyl (C=O) groups excluding carboxylic acids is 2. The molecule has 0 saturated heterocycles. The summed E-state index contributed by atoms with van der Waals surface area (Å²) >= 11 is 0. The summed E-state index contributed by atoms with van der Waals surface area (Å²) in [7, 11) is 1.03. The van der Waals surface area contributed by atoms with E-state index in [1.54, 1.807) is 12.2 Å². The molecule has 2 unspecified atom stereocenters. The van der Waals surface area contributed by atoms with Crippen molar-refractivity contribution in [1.82, 2.24) is 0 Å². The van der Waals surface area contributed by atoms with Crippen molar-refractivity contribution >= 4 is 19.8 Å². The third-order valence-corrected chi connectivity index (χ3v) is 9.66. The van der Waals surface area contributed by atoms with Crippen LogP contribution in [0, 0.1) is 0 Å². The number of hydrogen-bond acceptors (Lipinski definition) is 9. The van der Waals surface area contributed by atoms with Crippen molar-refractivity contribution in [2.75, 3.05) is 47.5 Å². The molecule has 336 valence electrons. The Morgan fingerprint density at radius 3 is 1.78 bits per heavy atom. The minimum absolute atomic E-state index is 0.0351. The summed E-state index contributed by atoms with van der Waals surface area (Å²) < 4.78 is 33.7. The van der Waals surface area contributed by atoms with Gasteiger partial charge < -0.3 is 33.0 Å². The minimum atomic E-state index is -4.68. The number of likely N-dealkylation sites (N-methyl/N-ethyl adjacent to an activating group) is 1. The van der Waals surface area contributed by atoms with Crippen molar-refractivity contribution in [3.63, 3.8) is 0 Å². The zero-order chi connectivity index (χ0) is 43.7. The van der Waals surface area contributed by atoms with Crippen LogP contribution in [0.2, 0.25) is 0 Å². The molecule has 0 aromatic heterocycles. The van der Waals surface area contributed by atoms with Crippen molar-refractivity contribution in [1.29, 1.82) is 0 Å². The van der Waals surface area contributed by atoms with Gasteiger partial charge in [-0.15, -0.1) is 0 Å². The van der Waals surface area contributed by atoms with E-state index in [-0.39, 0.29) is 26.1 Å². The van der Waals surface area contributed by atoms with Gasteiger partial charge in [-0.1, -0.05) is 137 Å². The first-order valence-corrected chi connectivity index (χ1v) is 23.5. The number of unbranched alkanes of at least 4 members (excludes halogenated alkanes) is 7. The number of allylic oxidation sites excluding steroid dienone is 15. The molecule has 0 rings (SSSR count). The SMILES string of the molecule is CC/C=C\C/C=C\C/C=C\C/C=C\C=C\C(O)CCCC(=O)OC[C@H](COP(=O)([O-])OCC[N+](C)(C)C)OC(=O)CCCCCC/C=C\C/C=C\C/C=C\CCCCC. The topological polar surface area (TPSA) is 131 Å². The highest BCUT2D eigenvalue weighted by molar-refractivity contribution is 7.45. The summed E-state index contributed by atoms with van der Waals surface area (Å²) in [5, 5.41) is 10.3. The molecule has 0 aliphatic heterocycles. The molecule has 11 heteroatoms. The molecule has 0 aromatic carbocycles. The summed E-state index contributed by atoms with van der Waals surface area (Å²) in [4.78, 5) is 37.6. The molecule has 3 atom stereocenters. The quantitative estimate of drug-likeness (QED) is 0.0161. The van der Waals surface area contributed by atoms with E-state index in [9.17, 15) is 24.2 Å². The number of aliphatic hydroxyl groups excluding tert-OH is 1. The number of rotatable bonds is 38. The molecule has 0 spiro atoms. The predicted octanol–water partition coefficient (Wildman–Crippen LogP) is 10.9. The molecule has 0 aromatic rings. The van der Waals surface area contributed by atoms with Crippen LogP contribution < -0.4 is 4.89 Å². The van der Waals surface area contributed by atoms with Crippen molar-refractivity contribution in [3.8, 4) is 0 Å². The number of nitrogens with zero attached hydrogens (tertiary/aromatic N) is 1. The first kappa shape index (κ1) is 55.9. The van der Waals surface area contributed by atoms with Crippen molar-refractivity contribution < 1.29 is 47.2 Å². The fourth-order valence-corrected chi connectivity index (χ4v) is 5.95. The van der Waals surface area contributed by atoms with E-state index in [1.807, 2.05) is 33.3 Å². The summed E-state index contributed by atoms with van der Waals surface area (Å²) in [6, 6.07) is 0. The fraction of sp³-hybridized carbons (Fsp3) is 0.625. The highest BCUT2D eigenvalue weighted by Gasteiger charge is 2.21. The molecule has 0 aliphatic carbocycles. The lowest BCUT2D eigenvalue weighted by molar-refractivity contribution is -0.870. The fourth-order valence-electron chi connectivity index (χ4n) is 5.22. The third kappa shape index (κ3) is 42.8. The lowest BCUT2D eigenvalue weighted by Crippen LogP contribution is -2.37. The molecule has 10 nitrogen and oxygen atoms in total. The van der Waals surface area contributed by atoms with Gasteiger partial charge in [0.15, 0.2) is 6.10 Å². The van der Waals surface area contributed by atoms with Gasteiger partial charge in [0.2, 0.25) is 0 Å². The maximum atomic E-state index is 12.7. The third-order valence-electron chi connectivity index (χ3n) is 8.69. The summed E-state index contributed by atoms with van der Waals surface area (Å²) in [6.07, 6.45) is 47.5. The van der Waals surface area contributed by atoms with E-state index in [0.29, 0.717) is 30.3 Å². The van der Waals surface area contributed by atoms with Gasteiger partial charge in [0.05, 0.1) is 33.9 Å². The van der Waals surface area contributed by atoms with Crippen LogP contribution in [0.5, 0.6) is 0 Å². The normalized spacial score (nSPS) is 15.0. The molecule has 1 N–H and O–H groups in total. The van der Waals surface area contributed by atoms with Gasteiger partial charge in [-0.25, -0.2) is 0 Å². The molecule has 0 saturated carbocycles. The monoisotopic (exact) mass is 846 g/mol. The maximum absolute atomic E-state index is 12.7. The van der Waals surface area contributed by atoms with Gasteiger partial charge in [0.25, 0.3) is 7.82 Å². The highest BCUT2D eigenvalue weighted by Crippen LogP contribution is 2.38. The second kappa shape index (κ2) is 39.1. The van der Waals surface area contributed by atoms with Crippen molar-refractivity contribution in [2.45, 2.75) is 148 Å². The number of hydrogen-bond donors (Lipinski definition) is 1. The molecule has 0 fully saturated rings. The van der Waals surface area contributed by atoms with Crippen LogP contribution in [0.25, 0.3) is 0 Å². The van der Waals surface area contributed by atoms with Gasteiger partial charge in [0.1, 0.15) is 19.8 Å². The van der Waals surface area contributed by atoms with Gasteiger partial charge in [-0.2, -0.15) is 0 Å². The molecule has 0 bridgehead atoms. The Hall–Kier alpha value is -3.11. The van der Waals surface area contributed by atoms with E-state index in [4.69, 9.17) is 18.5 Å². The standard InChI is InChI=1S/C48H80NO9P/c1-6-8-10-12-14-16-18-20-21-22-23-25-27-29-31-33-35-39-48(52)58-46(44-57-59(53,54)56-42-41-49(3,4)5)43-55-47(51)40-36-38-45(50)37-34-32-30-28-26-24-19-17-15-13-11-9-7-2/h9,11,14-17,20-21,23-26,30,32,34,37,45-46,50H,6-8,10,12-13,18-19,22,27-29,31,33,35-36,38-44H2,1-5H3/b11-9-,16-14-,17-15-,21-20-,25-23-,26-24-,32-30-,37-34+/t45?,46-/m1/s1. The van der Waals surface area contributed by atoms with Crippen LogP contribution >= 0.6 is 7.82 Å². The molecule has 0 amide bonds. The smallest absolute Gasteiger partial charge is 0.306 e. The van der Waals surface area contributed by atoms with Gasteiger partial charge in [-0.05, 0) is 83.5 Å². The van der Waals surface area contributed by atoms with Crippen LogP contribution in [-0.2, 0) is 32.7 Å². The van der Waals surface area contributed by atoms with E-state index in [2.05, 4.69) is 86.8 Å². The van der Waals surface area contributed by atoms with Crippen LogP contribution in [0.4, 0.5) is 0 Å². The number of phosphoric acid groups is 1. The zero-order valence-electron chi connectivity index (χ0n) is 37.3. The van der Waals surface area contributed by atoms with E-state index < -0.39 is 38.6 Å².